The van der Waals surface area contributed by atoms with Gasteiger partial charge in [-0.25, -0.2) is 4.79 Å². The zero-order chi connectivity index (χ0) is 12.3. The molecule has 0 heterocycles. The molecule has 0 aliphatic rings. The summed E-state index contributed by atoms with van der Waals surface area (Å²) in [4.78, 5) is 13.0. The molecule has 5 nitrogen and oxygen atoms in total. The fourth-order valence-corrected chi connectivity index (χ4v) is 0.794. The van der Waals surface area contributed by atoms with Crippen LogP contribution in [0.4, 0.5) is 4.79 Å². The Balaban J connectivity index is 4.58. The summed E-state index contributed by atoms with van der Waals surface area (Å²) in [6.45, 7) is 8.89. The molecule has 0 aliphatic heterocycles. The first-order valence-electron chi connectivity index (χ1n) is 4.75. The number of carbonyl (C=O) groups is 1. The second-order valence-corrected chi connectivity index (χ2v) is 4.94. The lowest BCUT2D eigenvalue weighted by Gasteiger charge is -2.33. The van der Waals surface area contributed by atoms with E-state index in [9.17, 15) is 4.79 Å². The van der Waals surface area contributed by atoms with Crippen LogP contribution in [0, 0.1) is 0 Å². The Kier molecular flexibility index (Phi) is 4.13. The first-order chi connectivity index (χ1) is 6.60. The molecule has 0 saturated heterocycles. The summed E-state index contributed by atoms with van der Waals surface area (Å²) < 4.78 is 5.18. The van der Waals surface area contributed by atoms with E-state index in [-0.39, 0.29) is 0 Å². The smallest absolute Gasteiger partial charge is 0.410 e. The highest BCUT2D eigenvalue weighted by Crippen LogP contribution is 2.15. The number of rotatable bonds is 2. The van der Waals surface area contributed by atoms with Crippen molar-refractivity contribution in [1.82, 2.24) is 4.90 Å². The highest BCUT2D eigenvalue weighted by Gasteiger charge is 2.29. The molecule has 0 rings (SSSR count). The summed E-state index contributed by atoms with van der Waals surface area (Å²) in [5, 5.41) is 11.4. The summed E-state index contributed by atoms with van der Waals surface area (Å²) in [6.07, 6.45) is 0.823. The molecule has 0 spiro atoms. The molecular formula is C10H20N2O3. The summed E-state index contributed by atoms with van der Waals surface area (Å²) >= 11 is 0. The zero-order valence-electron chi connectivity index (χ0n) is 10.2. The van der Waals surface area contributed by atoms with E-state index >= 15 is 0 Å². The van der Waals surface area contributed by atoms with Crippen molar-refractivity contribution in [1.29, 1.82) is 0 Å². The van der Waals surface area contributed by atoms with Crippen LogP contribution >= 0.6 is 0 Å². The van der Waals surface area contributed by atoms with Crippen molar-refractivity contribution >= 4 is 12.3 Å². The molecule has 1 amide bonds. The van der Waals surface area contributed by atoms with Crippen LogP contribution < -0.4 is 0 Å². The molecule has 0 fully saturated rings. The maximum atomic E-state index is 11.6. The van der Waals surface area contributed by atoms with Gasteiger partial charge in [0.05, 0.1) is 11.8 Å². The van der Waals surface area contributed by atoms with Gasteiger partial charge in [0.2, 0.25) is 0 Å². The molecule has 0 bridgehead atoms. The molecule has 0 aromatic heterocycles. The molecule has 0 saturated carbocycles. The maximum Gasteiger partial charge on any atom is 0.410 e. The fourth-order valence-electron chi connectivity index (χ4n) is 0.794. The van der Waals surface area contributed by atoms with Crippen LogP contribution in [0.3, 0.4) is 0 Å². The first kappa shape index (κ1) is 13.7. The monoisotopic (exact) mass is 216 g/mol. The molecule has 0 aromatic carbocycles. The van der Waals surface area contributed by atoms with Crippen LogP contribution in [-0.4, -0.2) is 40.6 Å². The number of hydrogen-bond acceptors (Lipinski definition) is 4. The van der Waals surface area contributed by atoms with E-state index < -0.39 is 17.2 Å². The Morgan fingerprint density at radius 1 is 1.33 bits per heavy atom. The minimum Gasteiger partial charge on any atom is -0.444 e. The number of hydrogen-bond donors (Lipinski definition) is 1. The van der Waals surface area contributed by atoms with Crippen molar-refractivity contribution < 1.29 is 14.7 Å². The van der Waals surface area contributed by atoms with Crippen LogP contribution in [0.25, 0.3) is 0 Å². The minimum absolute atomic E-state index is 0.451. The lowest BCUT2D eigenvalue weighted by atomic mass is 10.1. The van der Waals surface area contributed by atoms with Gasteiger partial charge in [0.15, 0.2) is 0 Å². The van der Waals surface area contributed by atoms with Crippen molar-refractivity contribution in [2.24, 2.45) is 5.16 Å². The Morgan fingerprint density at radius 3 is 2.13 bits per heavy atom. The van der Waals surface area contributed by atoms with Crippen molar-refractivity contribution in [3.63, 3.8) is 0 Å². The first-order valence-corrected chi connectivity index (χ1v) is 4.75. The van der Waals surface area contributed by atoms with Crippen LogP contribution in [0.2, 0.25) is 0 Å². The van der Waals surface area contributed by atoms with Gasteiger partial charge in [0, 0.05) is 7.05 Å². The Hall–Kier alpha value is -1.26. The van der Waals surface area contributed by atoms with Gasteiger partial charge < -0.3 is 14.8 Å². The lowest BCUT2D eigenvalue weighted by Crippen LogP contribution is -2.48. The summed E-state index contributed by atoms with van der Waals surface area (Å²) in [5.41, 5.74) is -1.21. The number of ether oxygens (including phenoxy) is 1. The van der Waals surface area contributed by atoms with Crippen LogP contribution in [0.1, 0.15) is 34.6 Å². The average Bonchev–Trinajstić information content (AvgIpc) is 1.99. The topological polar surface area (TPSA) is 62.1 Å². The predicted octanol–water partition coefficient (Wildman–Crippen LogP) is 2.09. The number of oxime groups is 1. The molecule has 1 N–H and O–H groups in total. The standard InChI is InChI=1S/C10H20N2O3/c1-9(2,3)15-8(13)12(6)10(4,5)7-11-14/h7,14H,1-6H3/b11-7-. The molecule has 0 atom stereocenters. The van der Waals surface area contributed by atoms with Gasteiger partial charge in [0.25, 0.3) is 0 Å². The van der Waals surface area contributed by atoms with E-state index in [0.29, 0.717) is 0 Å². The van der Waals surface area contributed by atoms with E-state index in [0.717, 1.165) is 0 Å². The summed E-state index contributed by atoms with van der Waals surface area (Å²) in [5.74, 6) is 0. The zero-order valence-corrected chi connectivity index (χ0v) is 10.2. The third kappa shape index (κ3) is 4.67. The summed E-state index contributed by atoms with van der Waals surface area (Å²) in [7, 11) is 1.59. The van der Waals surface area contributed by atoms with E-state index in [1.807, 2.05) is 0 Å². The second-order valence-electron chi connectivity index (χ2n) is 4.94. The van der Waals surface area contributed by atoms with Gasteiger partial charge in [-0.3, -0.25) is 0 Å². The average molecular weight is 216 g/mol. The normalized spacial score (nSPS) is 12.9. The van der Waals surface area contributed by atoms with Crippen molar-refractivity contribution in [2.45, 2.75) is 45.8 Å². The molecule has 5 heteroatoms. The quantitative estimate of drug-likeness (QED) is 0.437. The molecule has 88 valence electrons. The van der Waals surface area contributed by atoms with Crippen molar-refractivity contribution in [3.05, 3.63) is 0 Å². The Morgan fingerprint density at radius 2 is 1.80 bits per heavy atom. The van der Waals surface area contributed by atoms with Crippen LogP contribution in [-0.2, 0) is 4.74 Å². The molecule has 0 radical (unpaired) electrons. The number of carbonyl (C=O) groups excluding carboxylic acids is 1. The molecule has 0 aromatic rings. The predicted molar refractivity (Wildman–Crippen MR) is 58.4 cm³/mol. The summed E-state index contributed by atoms with van der Waals surface area (Å²) in [6, 6.07) is 0. The second kappa shape index (κ2) is 4.51. The Labute approximate surface area is 90.7 Å². The van der Waals surface area contributed by atoms with E-state index in [1.54, 1.807) is 41.7 Å². The molecule has 0 unspecified atom stereocenters. The third-order valence-electron chi connectivity index (χ3n) is 1.91. The Bertz CT molecular complexity index is 254. The largest absolute Gasteiger partial charge is 0.444 e. The van der Waals surface area contributed by atoms with Gasteiger partial charge in [-0.15, -0.1) is 0 Å². The van der Waals surface area contributed by atoms with Gasteiger partial charge in [-0.05, 0) is 34.6 Å². The van der Waals surface area contributed by atoms with E-state index in [1.165, 1.54) is 11.1 Å². The molecule has 15 heavy (non-hydrogen) atoms. The lowest BCUT2D eigenvalue weighted by molar-refractivity contribution is 0.0200. The molecular weight excluding hydrogens is 196 g/mol. The molecule has 0 aliphatic carbocycles. The van der Waals surface area contributed by atoms with E-state index in [2.05, 4.69) is 5.16 Å². The fraction of sp³-hybridized carbons (Fsp3) is 0.800. The van der Waals surface area contributed by atoms with Crippen LogP contribution in [0.15, 0.2) is 5.16 Å². The van der Waals surface area contributed by atoms with Gasteiger partial charge in [-0.1, -0.05) is 5.16 Å². The van der Waals surface area contributed by atoms with Gasteiger partial charge in [-0.2, -0.15) is 0 Å². The number of nitrogens with zero attached hydrogens (tertiary/aromatic N) is 2. The minimum atomic E-state index is -0.683. The van der Waals surface area contributed by atoms with Crippen molar-refractivity contribution in [3.8, 4) is 0 Å². The van der Waals surface area contributed by atoms with E-state index in [4.69, 9.17) is 9.94 Å². The van der Waals surface area contributed by atoms with Crippen LogP contribution in [0.5, 0.6) is 0 Å². The third-order valence-corrected chi connectivity index (χ3v) is 1.91. The van der Waals surface area contributed by atoms with Crippen molar-refractivity contribution in [2.75, 3.05) is 7.05 Å². The SMILES string of the molecule is CN(C(=O)OC(C)(C)C)C(C)(C)/C=N\O. The maximum absolute atomic E-state index is 11.6. The van der Waals surface area contributed by atoms with Gasteiger partial charge >= 0.3 is 6.09 Å². The number of amides is 1. The highest BCUT2D eigenvalue weighted by molar-refractivity contribution is 5.78. The van der Waals surface area contributed by atoms with Gasteiger partial charge in [0.1, 0.15) is 5.60 Å². The highest BCUT2D eigenvalue weighted by atomic mass is 16.6.